The van der Waals surface area contributed by atoms with Gasteiger partial charge in [-0.3, -0.25) is 9.59 Å². The van der Waals surface area contributed by atoms with Gasteiger partial charge in [0.25, 0.3) is 0 Å². The van der Waals surface area contributed by atoms with Gasteiger partial charge < -0.3 is 24.6 Å². The van der Waals surface area contributed by atoms with Crippen molar-refractivity contribution in [1.29, 1.82) is 0 Å². The van der Waals surface area contributed by atoms with Crippen molar-refractivity contribution in [2.24, 2.45) is 11.8 Å². The SMILES string of the molecule is CCCCCCCCC(CCCCCC)C(=O)OCCCCCCN(CCCCO)C[C@H](O)CCCCOC(=O)C(CCCCCC)CCCCCCCC. The van der Waals surface area contributed by atoms with Gasteiger partial charge in [0.05, 0.1) is 31.2 Å². The quantitative estimate of drug-likeness (QED) is 0.0469. The molecule has 2 unspecified atom stereocenters. The lowest BCUT2D eigenvalue weighted by Gasteiger charge is -2.25. The molecule has 7 nitrogen and oxygen atoms in total. The molecule has 3 atom stereocenters. The van der Waals surface area contributed by atoms with E-state index in [9.17, 15) is 19.8 Å². The van der Waals surface area contributed by atoms with E-state index >= 15 is 0 Å². The summed E-state index contributed by atoms with van der Waals surface area (Å²) in [7, 11) is 0. The second-order valence-corrected chi connectivity index (χ2v) is 16.8. The Morgan fingerprint density at radius 1 is 0.436 bits per heavy atom. The molecule has 0 aromatic heterocycles. The fraction of sp³-hybridized carbons (Fsp3) is 0.958. The van der Waals surface area contributed by atoms with Crippen LogP contribution in [0.2, 0.25) is 0 Å². The van der Waals surface area contributed by atoms with E-state index in [4.69, 9.17) is 9.47 Å². The second-order valence-electron chi connectivity index (χ2n) is 16.8. The molecule has 55 heavy (non-hydrogen) atoms. The van der Waals surface area contributed by atoms with E-state index in [0.717, 1.165) is 116 Å². The van der Waals surface area contributed by atoms with Gasteiger partial charge in [-0.25, -0.2) is 0 Å². The fourth-order valence-electron chi connectivity index (χ4n) is 7.72. The minimum atomic E-state index is -0.408. The summed E-state index contributed by atoms with van der Waals surface area (Å²) in [6.07, 6.45) is 36.1. The third-order valence-corrected chi connectivity index (χ3v) is 11.4. The number of hydrogen-bond donors (Lipinski definition) is 2. The standard InChI is InChI=1S/C48H95NO6/c1-5-9-13-17-19-25-35-44(33-23-15-11-7-3)47(52)54-41-31-22-21-28-38-49(39-29-30-40-50)43-46(51)37-27-32-42-55-48(53)45(34-24-16-12-8-4)36-26-20-18-14-10-6-2/h44-46,50-51H,5-43H2,1-4H3/t44?,45?,46-/m1/s1. The smallest absolute Gasteiger partial charge is 0.308 e. The number of aliphatic hydroxyl groups excluding tert-OH is 2. The molecule has 0 rings (SSSR count). The molecule has 0 aliphatic heterocycles. The zero-order valence-electron chi connectivity index (χ0n) is 37.3. The lowest BCUT2D eigenvalue weighted by molar-refractivity contribution is -0.150. The first-order valence-corrected chi connectivity index (χ1v) is 24.3. The number of carbonyl (C=O) groups is 2. The monoisotopic (exact) mass is 782 g/mol. The Hall–Kier alpha value is -1.18. The number of unbranched alkanes of at least 4 members (excludes halogenated alkanes) is 21. The summed E-state index contributed by atoms with van der Waals surface area (Å²) in [5.74, 6) is 0.115. The van der Waals surface area contributed by atoms with E-state index in [1.165, 1.54) is 103 Å². The van der Waals surface area contributed by atoms with Crippen LogP contribution < -0.4 is 0 Å². The molecule has 0 aromatic rings. The maximum atomic E-state index is 13.0. The average Bonchev–Trinajstić information content (AvgIpc) is 3.18. The van der Waals surface area contributed by atoms with E-state index in [-0.39, 0.29) is 30.4 Å². The summed E-state index contributed by atoms with van der Waals surface area (Å²) < 4.78 is 11.6. The Labute approximate surface area is 342 Å². The first-order valence-electron chi connectivity index (χ1n) is 24.3. The van der Waals surface area contributed by atoms with Gasteiger partial charge in [0.15, 0.2) is 0 Å². The van der Waals surface area contributed by atoms with Crippen LogP contribution in [0.1, 0.15) is 240 Å². The Kier molecular flexibility index (Phi) is 41.5. The third kappa shape index (κ3) is 35.7. The number of aliphatic hydroxyl groups is 2. The maximum Gasteiger partial charge on any atom is 0.308 e. The van der Waals surface area contributed by atoms with E-state index < -0.39 is 6.10 Å². The van der Waals surface area contributed by atoms with Crippen LogP contribution in [0.4, 0.5) is 0 Å². The number of nitrogens with zero attached hydrogens (tertiary/aromatic N) is 1. The molecule has 0 saturated carbocycles. The zero-order chi connectivity index (χ0) is 40.5. The first-order chi connectivity index (χ1) is 26.9. The third-order valence-electron chi connectivity index (χ3n) is 11.4. The van der Waals surface area contributed by atoms with Crippen LogP contribution in [0.15, 0.2) is 0 Å². The number of carbonyl (C=O) groups excluding carboxylic acids is 2. The molecular weight excluding hydrogens is 687 g/mol. The van der Waals surface area contributed by atoms with Crippen molar-refractivity contribution in [2.75, 3.05) is 39.5 Å². The van der Waals surface area contributed by atoms with Gasteiger partial charge in [-0.05, 0) is 83.7 Å². The predicted octanol–water partition coefficient (Wildman–Crippen LogP) is 12.9. The van der Waals surface area contributed by atoms with Crippen LogP contribution in [-0.4, -0.2) is 72.6 Å². The molecule has 0 aliphatic carbocycles. The molecule has 0 amide bonds. The van der Waals surface area contributed by atoms with Crippen LogP contribution in [0, 0.1) is 11.8 Å². The summed E-state index contributed by atoms with van der Waals surface area (Å²) in [6.45, 7) is 12.6. The molecule has 0 saturated heterocycles. The van der Waals surface area contributed by atoms with E-state index in [1.807, 2.05) is 0 Å². The summed E-state index contributed by atoms with van der Waals surface area (Å²) >= 11 is 0. The van der Waals surface area contributed by atoms with Crippen LogP contribution in [0.25, 0.3) is 0 Å². The highest BCUT2D eigenvalue weighted by Gasteiger charge is 2.21. The normalized spacial score (nSPS) is 13.3. The van der Waals surface area contributed by atoms with Gasteiger partial charge in [0.1, 0.15) is 0 Å². The minimum absolute atomic E-state index is 0.00989. The molecule has 7 heteroatoms. The fourth-order valence-corrected chi connectivity index (χ4v) is 7.72. The largest absolute Gasteiger partial charge is 0.465 e. The Morgan fingerprint density at radius 3 is 1.20 bits per heavy atom. The lowest BCUT2D eigenvalue weighted by atomic mass is 9.94. The molecule has 0 spiro atoms. The van der Waals surface area contributed by atoms with Crippen LogP contribution in [-0.2, 0) is 19.1 Å². The van der Waals surface area contributed by atoms with Crippen molar-refractivity contribution in [3.63, 3.8) is 0 Å². The molecule has 2 N–H and O–H groups in total. The molecule has 0 aromatic carbocycles. The molecule has 0 aliphatic rings. The summed E-state index contributed by atoms with van der Waals surface area (Å²) in [6, 6.07) is 0. The van der Waals surface area contributed by atoms with E-state index in [1.54, 1.807) is 0 Å². The zero-order valence-corrected chi connectivity index (χ0v) is 37.3. The Bertz CT molecular complexity index is 809. The first kappa shape index (κ1) is 53.8. The van der Waals surface area contributed by atoms with E-state index in [0.29, 0.717) is 26.2 Å². The highest BCUT2D eigenvalue weighted by atomic mass is 16.5. The van der Waals surface area contributed by atoms with Crippen LogP contribution >= 0.6 is 0 Å². The summed E-state index contributed by atoms with van der Waals surface area (Å²) in [4.78, 5) is 28.3. The molecule has 328 valence electrons. The number of esters is 2. The number of rotatable bonds is 44. The van der Waals surface area contributed by atoms with Gasteiger partial charge in [0.2, 0.25) is 0 Å². The van der Waals surface area contributed by atoms with Gasteiger partial charge in [0, 0.05) is 13.2 Å². The van der Waals surface area contributed by atoms with Crippen molar-refractivity contribution in [1.82, 2.24) is 4.90 Å². The Balaban J connectivity index is 4.48. The van der Waals surface area contributed by atoms with Crippen LogP contribution in [0.5, 0.6) is 0 Å². The van der Waals surface area contributed by atoms with Gasteiger partial charge in [-0.1, -0.05) is 169 Å². The molecule has 0 heterocycles. The van der Waals surface area contributed by atoms with E-state index in [2.05, 4.69) is 32.6 Å². The molecule has 0 bridgehead atoms. The van der Waals surface area contributed by atoms with Crippen molar-refractivity contribution >= 4 is 11.9 Å². The molecule has 0 fully saturated rings. The highest BCUT2D eigenvalue weighted by molar-refractivity contribution is 5.72. The van der Waals surface area contributed by atoms with Crippen molar-refractivity contribution in [2.45, 2.75) is 246 Å². The molecular formula is C48H95NO6. The van der Waals surface area contributed by atoms with Crippen molar-refractivity contribution in [3.05, 3.63) is 0 Å². The number of ether oxygens (including phenoxy) is 2. The van der Waals surface area contributed by atoms with Crippen LogP contribution in [0.3, 0.4) is 0 Å². The summed E-state index contributed by atoms with van der Waals surface area (Å²) in [5.41, 5.74) is 0. The maximum absolute atomic E-state index is 13.0. The van der Waals surface area contributed by atoms with Gasteiger partial charge in [-0.2, -0.15) is 0 Å². The molecule has 0 radical (unpaired) electrons. The predicted molar refractivity (Wildman–Crippen MR) is 233 cm³/mol. The Morgan fingerprint density at radius 2 is 0.764 bits per heavy atom. The van der Waals surface area contributed by atoms with Gasteiger partial charge >= 0.3 is 11.9 Å². The number of hydrogen-bond acceptors (Lipinski definition) is 7. The minimum Gasteiger partial charge on any atom is -0.465 e. The van der Waals surface area contributed by atoms with Crippen molar-refractivity contribution < 1.29 is 29.3 Å². The lowest BCUT2D eigenvalue weighted by Crippen LogP contribution is -2.34. The average molecular weight is 782 g/mol. The summed E-state index contributed by atoms with van der Waals surface area (Å²) in [5, 5.41) is 20.2. The second kappa shape index (κ2) is 42.4. The van der Waals surface area contributed by atoms with Crippen molar-refractivity contribution in [3.8, 4) is 0 Å². The topological polar surface area (TPSA) is 96.3 Å². The highest BCUT2D eigenvalue weighted by Crippen LogP contribution is 2.22. The van der Waals surface area contributed by atoms with Gasteiger partial charge in [-0.15, -0.1) is 0 Å².